The molecule has 0 radical (unpaired) electrons. The van der Waals surface area contributed by atoms with Crippen LogP contribution in [0.15, 0.2) is 46.9 Å². The highest BCUT2D eigenvalue weighted by Crippen LogP contribution is 2.40. The van der Waals surface area contributed by atoms with E-state index >= 15 is 0 Å². The van der Waals surface area contributed by atoms with Crippen LogP contribution in [-0.4, -0.2) is 4.98 Å². The molecule has 0 amide bonds. The molecule has 2 N–H and O–H groups in total. The second-order valence-electron chi connectivity index (χ2n) is 6.54. The number of aryl methyl sites for hydroxylation is 2. The molecule has 1 aromatic carbocycles. The number of benzene rings is 1. The first-order valence-corrected chi connectivity index (χ1v) is 8.50. The Labute approximate surface area is 146 Å². The van der Waals surface area contributed by atoms with Gasteiger partial charge in [0.15, 0.2) is 0 Å². The van der Waals surface area contributed by atoms with E-state index in [9.17, 15) is 5.26 Å². The Balaban J connectivity index is 1.87. The minimum Gasteiger partial charge on any atom is -0.461 e. The van der Waals surface area contributed by atoms with Crippen LogP contribution in [0, 0.1) is 18.3 Å². The molecule has 3 aromatic rings. The van der Waals surface area contributed by atoms with E-state index in [1.807, 2.05) is 25.1 Å². The first kappa shape index (κ1) is 15.5. The fourth-order valence-corrected chi connectivity index (χ4v) is 3.74. The van der Waals surface area contributed by atoms with Gasteiger partial charge >= 0.3 is 0 Å². The molecule has 4 rings (SSSR count). The second kappa shape index (κ2) is 6.10. The van der Waals surface area contributed by atoms with Crippen LogP contribution in [0.25, 0.3) is 11.3 Å². The summed E-state index contributed by atoms with van der Waals surface area (Å²) < 4.78 is 5.84. The molecule has 0 saturated heterocycles. The van der Waals surface area contributed by atoms with E-state index in [1.54, 1.807) is 0 Å². The molecule has 124 valence electrons. The van der Waals surface area contributed by atoms with Crippen LogP contribution < -0.4 is 5.73 Å². The summed E-state index contributed by atoms with van der Waals surface area (Å²) in [4.78, 5) is 4.52. The molecule has 4 nitrogen and oxygen atoms in total. The summed E-state index contributed by atoms with van der Waals surface area (Å²) in [5.41, 5.74) is 10.7. The lowest BCUT2D eigenvalue weighted by atomic mass is 9.79. The van der Waals surface area contributed by atoms with Crippen molar-refractivity contribution in [2.75, 3.05) is 5.73 Å². The Morgan fingerprint density at radius 2 is 2.00 bits per heavy atom. The summed E-state index contributed by atoms with van der Waals surface area (Å²) in [5, 5.41) is 9.64. The van der Waals surface area contributed by atoms with Crippen LogP contribution in [-0.2, 0) is 12.8 Å². The van der Waals surface area contributed by atoms with Gasteiger partial charge in [0.1, 0.15) is 29.0 Å². The summed E-state index contributed by atoms with van der Waals surface area (Å²) >= 11 is 0. The Hall–Kier alpha value is -3.06. The van der Waals surface area contributed by atoms with Crippen LogP contribution in [0.1, 0.15) is 40.5 Å². The number of fused-ring (bicyclic) bond motifs is 1. The average Bonchev–Trinajstić information content (AvgIpc) is 3.07. The summed E-state index contributed by atoms with van der Waals surface area (Å²) in [5.74, 6) is 2.23. The van der Waals surface area contributed by atoms with Gasteiger partial charge in [-0.05, 0) is 55.4 Å². The van der Waals surface area contributed by atoms with Crippen LogP contribution in [0.5, 0.6) is 0 Å². The summed E-state index contributed by atoms with van der Waals surface area (Å²) in [6.07, 6.45) is 2.74. The molecule has 2 heterocycles. The van der Waals surface area contributed by atoms with Gasteiger partial charge in [0.05, 0.1) is 0 Å². The number of nitrogens with zero attached hydrogens (tertiary/aromatic N) is 2. The molecular weight excluding hydrogens is 310 g/mol. The summed E-state index contributed by atoms with van der Waals surface area (Å²) in [6.45, 7) is 1.90. The van der Waals surface area contributed by atoms with Crippen molar-refractivity contribution in [3.05, 3.63) is 70.6 Å². The number of nitrogen functional groups attached to an aromatic ring is 1. The molecule has 1 aliphatic rings. The molecule has 4 heteroatoms. The standard InChI is InChI=1S/C21H19N3O/c1-13-7-10-19(25-13)20-16-11-15(14-5-3-2-4-6-14)8-9-18(16)24-21(23)17(20)12-22/h2-7,10,15H,8-9,11H2,1H3,(H2,23,24). The first-order valence-electron chi connectivity index (χ1n) is 8.50. The van der Waals surface area contributed by atoms with Crippen molar-refractivity contribution in [1.29, 1.82) is 5.26 Å². The number of aromatic nitrogens is 1. The van der Waals surface area contributed by atoms with Crippen molar-refractivity contribution in [2.45, 2.75) is 32.1 Å². The Morgan fingerprint density at radius 1 is 1.20 bits per heavy atom. The predicted octanol–water partition coefficient (Wildman–Crippen LogP) is 4.38. The maximum atomic E-state index is 9.64. The minimum atomic E-state index is 0.295. The molecular formula is C21H19N3O. The molecule has 1 aliphatic carbocycles. The van der Waals surface area contributed by atoms with Gasteiger partial charge in [-0.1, -0.05) is 30.3 Å². The number of hydrogen-bond donors (Lipinski definition) is 1. The third-order valence-corrected chi connectivity index (χ3v) is 4.96. The van der Waals surface area contributed by atoms with Crippen molar-refractivity contribution in [2.24, 2.45) is 0 Å². The van der Waals surface area contributed by atoms with E-state index in [0.29, 0.717) is 23.1 Å². The maximum absolute atomic E-state index is 9.64. The van der Waals surface area contributed by atoms with Crippen molar-refractivity contribution >= 4 is 5.82 Å². The number of pyridine rings is 1. The summed E-state index contributed by atoms with van der Waals surface area (Å²) in [7, 11) is 0. The number of anilines is 1. The zero-order valence-corrected chi connectivity index (χ0v) is 14.1. The number of hydrogen-bond acceptors (Lipinski definition) is 4. The number of nitriles is 1. The van der Waals surface area contributed by atoms with Gasteiger partial charge in [-0.3, -0.25) is 0 Å². The van der Waals surface area contributed by atoms with Gasteiger partial charge in [-0.15, -0.1) is 0 Å². The largest absolute Gasteiger partial charge is 0.461 e. The maximum Gasteiger partial charge on any atom is 0.142 e. The smallest absolute Gasteiger partial charge is 0.142 e. The normalized spacial score (nSPS) is 16.2. The lowest BCUT2D eigenvalue weighted by Crippen LogP contribution is -2.17. The molecule has 25 heavy (non-hydrogen) atoms. The fraction of sp³-hybridized carbons (Fsp3) is 0.238. The van der Waals surface area contributed by atoms with Gasteiger partial charge in [0.2, 0.25) is 0 Å². The van der Waals surface area contributed by atoms with Crippen molar-refractivity contribution in [1.82, 2.24) is 4.98 Å². The second-order valence-corrected chi connectivity index (χ2v) is 6.54. The SMILES string of the molecule is Cc1ccc(-c2c(C#N)c(N)nc3c2CC(c2ccccc2)CC3)o1. The molecule has 0 saturated carbocycles. The highest BCUT2D eigenvalue weighted by Gasteiger charge is 2.28. The van der Waals surface area contributed by atoms with E-state index < -0.39 is 0 Å². The van der Waals surface area contributed by atoms with E-state index in [2.05, 4.69) is 35.3 Å². The molecule has 0 fully saturated rings. The number of furan rings is 1. The van der Waals surface area contributed by atoms with Crippen LogP contribution in [0.3, 0.4) is 0 Å². The molecule has 0 aliphatic heterocycles. The third kappa shape index (κ3) is 2.68. The molecule has 0 bridgehead atoms. The zero-order chi connectivity index (χ0) is 17.4. The highest BCUT2D eigenvalue weighted by molar-refractivity contribution is 5.76. The van der Waals surface area contributed by atoms with Crippen LogP contribution in [0.4, 0.5) is 5.82 Å². The summed E-state index contributed by atoms with van der Waals surface area (Å²) in [6, 6.07) is 16.6. The Morgan fingerprint density at radius 3 is 2.68 bits per heavy atom. The lowest BCUT2D eigenvalue weighted by Gasteiger charge is -2.27. The van der Waals surface area contributed by atoms with Crippen LogP contribution in [0.2, 0.25) is 0 Å². The Kier molecular flexibility index (Phi) is 3.77. The molecule has 0 spiro atoms. The minimum absolute atomic E-state index is 0.295. The average molecular weight is 329 g/mol. The van der Waals surface area contributed by atoms with E-state index in [4.69, 9.17) is 10.2 Å². The van der Waals surface area contributed by atoms with E-state index in [-0.39, 0.29) is 0 Å². The fourth-order valence-electron chi connectivity index (χ4n) is 3.74. The molecule has 1 atom stereocenters. The van der Waals surface area contributed by atoms with Crippen LogP contribution >= 0.6 is 0 Å². The first-order chi connectivity index (χ1) is 12.2. The van der Waals surface area contributed by atoms with E-state index in [1.165, 1.54) is 5.56 Å². The van der Waals surface area contributed by atoms with Gasteiger partial charge in [-0.2, -0.15) is 5.26 Å². The third-order valence-electron chi connectivity index (χ3n) is 4.96. The monoisotopic (exact) mass is 329 g/mol. The Bertz CT molecular complexity index is 967. The predicted molar refractivity (Wildman–Crippen MR) is 97.0 cm³/mol. The topological polar surface area (TPSA) is 75.8 Å². The van der Waals surface area contributed by atoms with Gasteiger partial charge in [0.25, 0.3) is 0 Å². The lowest BCUT2D eigenvalue weighted by molar-refractivity contribution is 0.541. The van der Waals surface area contributed by atoms with E-state index in [0.717, 1.165) is 41.8 Å². The van der Waals surface area contributed by atoms with Crippen molar-refractivity contribution < 1.29 is 4.42 Å². The van der Waals surface area contributed by atoms with Gasteiger partial charge < -0.3 is 10.2 Å². The van der Waals surface area contributed by atoms with Gasteiger partial charge in [-0.25, -0.2) is 4.98 Å². The number of nitrogens with two attached hydrogens (primary N) is 1. The quantitative estimate of drug-likeness (QED) is 0.757. The highest BCUT2D eigenvalue weighted by atomic mass is 16.3. The molecule has 2 aromatic heterocycles. The zero-order valence-electron chi connectivity index (χ0n) is 14.1. The molecule has 1 unspecified atom stereocenters. The van der Waals surface area contributed by atoms with Gasteiger partial charge in [0, 0.05) is 11.3 Å². The number of rotatable bonds is 2. The van der Waals surface area contributed by atoms with Crippen molar-refractivity contribution in [3.8, 4) is 17.4 Å². The van der Waals surface area contributed by atoms with Crippen molar-refractivity contribution in [3.63, 3.8) is 0 Å².